The first kappa shape index (κ1) is 32.5. The molecule has 0 radical (unpaired) electrons. The number of fused-ring (bicyclic) bond motifs is 6. The molecule has 10 aromatic rings. The van der Waals surface area contributed by atoms with Crippen molar-refractivity contribution in [2.24, 2.45) is 0 Å². The number of hydrogen-bond acceptors (Lipinski definition) is 3. The van der Waals surface area contributed by atoms with Crippen molar-refractivity contribution in [3.8, 4) is 33.4 Å². The Labute approximate surface area is 330 Å². The van der Waals surface area contributed by atoms with Gasteiger partial charge in [0.1, 0.15) is 5.58 Å². The van der Waals surface area contributed by atoms with Gasteiger partial charge in [-0.25, -0.2) is 5.56 Å². The van der Waals surface area contributed by atoms with E-state index >= 15 is 0 Å². The summed E-state index contributed by atoms with van der Waals surface area (Å²) in [5, 5.41) is 4.64. The topological polar surface area (TPSA) is 16.4 Å². The summed E-state index contributed by atoms with van der Waals surface area (Å²) < 4.78 is 9.19. The molecule has 0 aliphatic carbocycles. The summed E-state index contributed by atoms with van der Waals surface area (Å²) >= 11 is 1.84. The number of thiophene rings is 1. The summed E-state index contributed by atoms with van der Waals surface area (Å²) in [6.07, 6.45) is 0. The third-order valence-corrected chi connectivity index (χ3v) is 10.9. The maximum atomic E-state index is 6.68. The number of para-hydroxylation sites is 1. The molecule has 0 fully saturated rings. The summed E-state index contributed by atoms with van der Waals surface area (Å²) in [7, 11) is 0. The van der Waals surface area contributed by atoms with Crippen molar-refractivity contribution in [3.05, 3.63) is 188 Å². The Morgan fingerprint density at radius 3 is 1.88 bits per heavy atom. The molecule has 0 N–H and O–H groups in total. The summed E-state index contributed by atoms with van der Waals surface area (Å²) in [6, 6.07) is 69.1. The van der Waals surface area contributed by atoms with Crippen LogP contribution in [0.3, 0.4) is 0 Å². The normalized spacial score (nSPS) is 11.3. The van der Waals surface area contributed by atoms with Crippen LogP contribution in [0.5, 0.6) is 0 Å². The van der Waals surface area contributed by atoms with Gasteiger partial charge in [-0.3, -0.25) is 0 Å². The molecule has 2 heterocycles. The number of furan rings is 1. The molecule has 0 saturated carbocycles. The SMILES string of the molecule is [U+2].[c-]1ccccc1-c1[c-]cc(N(c2ccc(-c3ccc(-c4ccccc4)cc3)cc2)c2cccc3c2sc2ccccc23)c2c1oc1ccccc12. The molecule has 0 bridgehead atoms. The van der Waals surface area contributed by atoms with Gasteiger partial charge in [-0.15, -0.1) is 23.5 Å². The molecule has 0 spiro atoms. The average Bonchev–Trinajstić information content (AvgIpc) is 3.79. The van der Waals surface area contributed by atoms with Crippen LogP contribution in [0.2, 0.25) is 0 Å². The predicted octanol–water partition coefficient (Wildman–Crippen LogP) is 14.0. The van der Waals surface area contributed by atoms with E-state index in [0.717, 1.165) is 50.1 Å². The summed E-state index contributed by atoms with van der Waals surface area (Å²) in [4.78, 5) is 2.39. The maximum absolute atomic E-state index is 6.68. The summed E-state index contributed by atoms with van der Waals surface area (Å²) in [6.45, 7) is 0. The zero-order valence-corrected chi connectivity index (χ0v) is 33.0. The third kappa shape index (κ3) is 5.56. The monoisotopic (exact) mass is 905 g/mol. The third-order valence-electron chi connectivity index (χ3n) is 9.73. The van der Waals surface area contributed by atoms with E-state index < -0.39 is 0 Å². The van der Waals surface area contributed by atoms with Gasteiger partial charge >= 0.3 is 31.1 Å². The fraction of sp³-hybridized carbons (Fsp3) is 0. The zero-order chi connectivity index (χ0) is 33.7. The Morgan fingerprint density at radius 1 is 0.500 bits per heavy atom. The molecule has 0 saturated heterocycles. The number of nitrogens with zero attached hydrogens (tertiary/aromatic N) is 1. The predicted molar refractivity (Wildman–Crippen MR) is 215 cm³/mol. The van der Waals surface area contributed by atoms with Crippen LogP contribution < -0.4 is 4.90 Å². The van der Waals surface area contributed by atoms with Crippen LogP contribution in [0.15, 0.2) is 180 Å². The number of hydrogen-bond donors (Lipinski definition) is 0. The molecular weight excluding hydrogens is 877 g/mol. The van der Waals surface area contributed by atoms with Gasteiger partial charge in [0.25, 0.3) is 0 Å². The molecule has 52 heavy (non-hydrogen) atoms. The van der Waals surface area contributed by atoms with Crippen LogP contribution in [-0.4, -0.2) is 0 Å². The van der Waals surface area contributed by atoms with Gasteiger partial charge in [0.2, 0.25) is 0 Å². The van der Waals surface area contributed by atoms with Crippen molar-refractivity contribution in [1.82, 2.24) is 0 Å². The van der Waals surface area contributed by atoms with E-state index in [0.29, 0.717) is 0 Å². The number of benzene rings is 8. The smallest absolute Gasteiger partial charge is 0.510 e. The Balaban J connectivity index is 0.00000360. The van der Waals surface area contributed by atoms with Crippen molar-refractivity contribution >= 4 is 70.5 Å². The van der Waals surface area contributed by atoms with Gasteiger partial charge < -0.3 is 9.32 Å². The fourth-order valence-corrected chi connectivity index (χ4v) is 8.49. The summed E-state index contributed by atoms with van der Waals surface area (Å²) in [5.41, 5.74) is 11.5. The van der Waals surface area contributed by atoms with Crippen molar-refractivity contribution in [2.45, 2.75) is 0 Å². The minimum Gasteiger partial charge on any atom is -0.510 e. The Bertz CT molecular complexity index is 2840. The van der Waals surface area contributed by atoms with Gasteiger partial charge in [0.05, 0.1) is 10.4 Å². The molecule has 0 unspecified atom stereocenters. The molecule has 2 aromatic heterocycles. The second-order valence-corrected chi connectivity index (χ2v) is 13.8. The average molecular weight is 906 g/mol. The van der Waals surface area contributed by atoms with E-state index in [2.05, 4.69) is 163 Å². The van der Waals surface area contributed by atoms with E-state index in [-0.39, 0.29) is 31.1 Å². The number of anilines is 3. The second kappa shape index (κ2) is 13.6. The molecule has 242 valence electrons. The van der Waals surface area contributed by atoms with Crippen LogP contribution in [0.25, 0.3) is 75.5 Å². The largest absolute Gasteiger partial charge is 2.00 e. The Morgan fingerprint density at radius 2 is 1.13 bits per heavy atom. The Kier molecular flexibility index (Phi) is 8.53. The van der Waals surface area contributed by atoms with E-state index in [1.54, 1.807) is 0 Å². The van der Waals surface area contributed by atoms with Crippen LogP contribution >= 0.6 is 11.3 Å². The molecule has 0 aliphatic rings. The van der Waals surface area contributed by atoms with Crippen molar-refractivity contribution in [2.75, 3.05) is 4.90 Å². The van der Waals surface area contributed by atoms with Gasteiger partial charge in [-0.2, -0.15) is 35.9 Å². The molecule has 0 aliphatic heterocycles. The van der Waals surface area contributed by atoms with Crippen LogP contribution in [0.4, 0.5) is 17.1 Å². The zero-order valence-electron chi connectivity index (χ0n) is 28.0. The van der Waals surface area contributed by atoms with Crippen molar-refractivity contribution in [1.29, 1.82) is 0 Å². The second-order valence-electron chi connectivity index (χ2n) is 12.7. The molecule has 4 heteroatoms. The summed E-state index contributed by atoms with van der Waals surface area (Å²) in [5.74, 6) is 0. The van der Waals surface area contributed by atoms with Crippen LogP contribution in [-0.2, 0) is 0 Å². The van der Waals surface area contributed by atoms with E-state index in [9.17, 15) is 0 Å². The van der Waals surface area contributed by atoms with Crippen molar-refractivity contribution in [3.63, 3.8) is 0 Å². The van der Waals surface area contributed by atoms with Gasteiger partial charge in [0, 0.05) is 32.1 Å². The fourth-order valence-electron chi connectivity index (χ4n) is 7.28. The number of rotatable bonds is 6. The van der Waals surface area contributed by atoms with E-state index in [4.69, 9.17) is 4.42 Å². The van der Waals surface area contributed by atoms with Gasteiger partial charge in [0.15, 0.2) is 0 Å². The Hall–Kier alpha value is -5.37. The molecule has 0 amide bonds. The first-order valence-electron chi connectivity index (χ1n) is 17.1. The molecule has 0 atom stereocenters. The molecule has 2 nitrogen and oxygen atoms in total. The van der Waals surface area contributed by atoms with Gasteiger partial charge in [-0.1, -0.05) is 115 Å². The van der Waals surface area contributed by atoms with Crippen LogP contribution in [0.1, 0.15) is 0 Å². The first-order valence-corrected chi connectivity index (χ1v) is 17.9. The standard InChI is InChI=1S/C48H29NOS.U/c1-3-12-32(13-4-1)33-22-24-34(25-23-33)35-26-28-37(29-27-35)49(43-19-11-18-40-39-16-8-10-21-45(39)51-48(40)43)42-31-30-38(36-14-5-2-6-15-36)47-46(42)41-17-7-9-20-44(41)50-47;/h1-14,16-29,31H;/q-2;+2. The van der Waals surface area contributed by atoms with Crippen LogP contribution in [0, 0.1) is 43.2 Å². The first-order chi connectivity index (χ1) is 25.3. The van der Waals surface area contributed by atoms with Gasteiger partial charge in [-0.05, 0) is 63.7 Å². The molecule has 10 rings (SSSR count). The molecular formula is C48H29NOSU. The van der Waals surface area contributed by atoms with E-state index in [1.165, 1.54) is 42.4 Å². The quantitative estimate of drug-likeness (QED) is 0.155. The minimum absolute atomic E-state index is 0. The minimum atomic E-state index is 0. The molecule has 8 aromatic carbocycles. The van der Waals surface area contributed by atoms with E-state index in [1.807, 2.05) is 41.7 Å². The van der Waals surface area contributed by atoms with Crippen molar-refractivity contribution < 1.29 is 35.5 Å². The maximum Gasteiger partial charge on any atom is 2.00 e.